The number of aryl methyl sites for hydroxylation is 1. The second-order valence-electron chi connectivity index (χ2n) is 4.81. The third kappa shape index (κ3) is 2.53. The Labute approximate surface area is 123 Å². The van der Waals surface area contributed by atoms with Gasteiger partial charge in [-0.2, -0.15) is 0 Å². The number of para-hydroxylation sites is 1. The number of hydrogen-bond donors (Lipinski definition) is 1. The Morgan fingerprint density at radius 1 is 1.20 bits per heavy atom. The van der Waals surface area contributed by atoms with E-state index in [1.807, 2.05) is 23.5 Å². The lowest BCUT2D eigenvalue weighted by Gasteiger charge is -2.25. The molecule has 1 unspecified atom stereocenters. The molecule has 0 saturated heterocycles. The van der Waals surface area contributed by atoms with Crippen LogP contribution in [0.4, 0.5) is 0 Å². The maximum Gasteiger partial charge on any atom is 0.166 e. The van der Waals surface area contributed by atoms with Crippen LogP contribution in [0.15, 0.2) is 30.3 Å². The van der Waals surface area contributed by atoms with Crippen molar-refractivity contribution < 1.29 is 9.47 Å². The third-order valence-electron chi connectivity index (χ3n) is 3.36. The topological polar surface area (TPSA) is 30.5 Å². The van der Waals surface area contributed by atoms with E-state index >= 15 is 0 Å². The van der Waals surface area contributed by atoms with Gasteiger partial charge in [-0.25, -0.2) is 0 Å². The van der Waals surface area contributed by atoms with Gasteiger partial charge in [0.05, 0.1) is 6.04 Å². The summed E-state index contributed by atoms with van der Waals surface area (Å²) < 4.78 is 11.5. The van der Waals surface area contributed by atoms with E-state index in [2.05, 4.69) is 37.4 Å². The van der Waals surface area contributed by atoms with E-state index in [1.54, 1.807) is 0 Å². The number of nitrogens with one attached hydrogen (secondary N) is 1. The lowest BCUT2D eigenvalue weighted by atomic mass is 10.0. The van der Waals surface area contributed by atoms with Gasteiger partial charge >= 0.3 is 0 Å². The molecule has 106 valence electrons. The molecule has 0 amide bonds. The standard InChI is InChI=1S/C16H19NO2S/c1-3-17-15(14-8-7-11(2)20-14)12-5-4-6-13-16(12)19-10-9-18-13/h4-8,15,17H,3,9-10H2,1-2H3. The molecule has 0 spiro atoms. The van der Waals surface area contributed by atoms with E-state index in [-0.39, 0.29) is 6.04 Å². The molecule has 4 heteroatoms. The van der Waals surface area contributed by atoms with Gasteiger partial charge in [0.1, 0.15) is 13.2 Å². The van der Waals surface area contributed by atoms with Gasteiger partial charge in [-0.1, -0.05) is 19.1 Å². The summed E-state index contributed by atoms with van der Waals surface area (Å²) in [5, 5.41) is 3.55. The number of benzene rings is 1. The predicted octanol–water partition coefficient (Wildman–Crippen LogP) is 3.53. The van der Waals surface area contributed by atoms with E-state index in [0.717, 1.165) is 23.6 Å². The van der Waals surface area contributed by atoms with Gasteiger partial charge in [0, 0.05) is 15.3 Å². The van der Waals surface area contributed by atoms with Crippen LogP contribution >= 0.6 is 11.3 Å². The third-order valence-corrected chi connectivity index (χ3v) is 4.43. The average Bonchev–Trinajstić information content (AvgIpc) is 2.91. The first-order valence-electron chi connectivity index (χ1n) is 6.98. The van der Waals surface area contributed by atoms with Crippen LogP contribution in [-0.4, -0.2) is 19.8 Å². The fourth-order valence-corrected chi connectivity index (χ4v) is 3.47. The maximum atomic E-state index is 5.85. The van der Waals surface area contributed by atoms with Gasteiger partial charge in [-0.15, -0.1) is 11.3 Å². The summed E-state index contributed by atoms with van der Waals surface area (Å²) in [6, 6.07) is 10.6. The lowest BCUT2D eigenvalue weighted by molar-refractivity contribution is 0.169. The summed E-state index contributed by atoms with van der Waals surface area (Å²) in [6.45, 7) is 6.41. The minimum Gasteiger partial charge on any atom is -0.486 e. The van der Waals surface area contributed by atoms with Gasteiger partial charge < -0.3 is 14.8 Å². The van der Waals surface area contributed by atoms with Crippen molar-refractivity contribution in [2.45, 2.75) is 19.9 Å². The van der Waals surface area contributed by atoms with Crippen molar-refractivity contribution in [1.29, 1.82) is 0 Å². The molecule has 1 aromatic heterocycles. The van der Waals surface area contributed by atoms with Crippen molar-refractivity contribution in [2.75, 3.05) is 19.8 Å². The normalized spacial score (nSPS) is 15.1. The number of thiophene rings is 1. The van der Waals surface area contributed by atoms with Gasteiger partial charge in [0.15, 0.2) is 11.5 Å². The van der Waals surface area contributed by atoms with E-state index in [9.17, 15) is 0 Å². The highest BCUT2D eigenvalue weighted by Crippen LogP contribution is 2.40. The number of ether oxygens (including phenoxy) is 2. The second-order valence-corrected chi connectivity index (χ2v) is 6.13. The zero-order chi connectivity index (χ0) is 13.9. The fourth-order valence-electron chi connectivity index (χ4n) is 2.50. The van der Waals surface area contributed by atoms with Crippen molar-refractivity contribution in [2.24, 2.45) is 0 Å². The minimum absolute atomic E-state index is 0.162. The molecule has 0 radical (unpaired) electrons. The molecule has 0 fully saturated rings. The van der Waals surface area contributed by atoms with E-state index < -0.39 is 0 Å². The van der Waals surface area contributed by atoms with Gasteiger partial charge in [-0.3, -0.25) is 0 Å². The Kier molecular flexibility index (Phi) is 3.94. The molecule has 1 aromatic carbocycles. The number of hydrogen-bond acceptors (Lipinski definition) is 4. The minimum atomic E-state index is 0.162. The van der Waals surface area contributed by atoms with Crippen molar-refractivity contribution in [3.05, 3.63) is 45.6 Å². The van der Waals surface area contributed by atoms with E-state index in [1.165, 1.54) is 9.75 Å². The first-order valence-corrected chi connectivity index (χ1v) is 7.79. The zero-order valence-electron chi connectivity index (χ0n) is 11.8. The van der Waals surface area contributed by atoms with Crippen LogP contribution in [0.3, 0.4) is 0 Å². The molecule has 0 aliphatic carbocycles. The van der Waals surface area contributed by atoms with Crippen molar-refractivity contribution in [3.8, 4) is 11.5 Å². The average molecular weight is 289 g/mol. The summed E-state index contributed by atoms with van der Waals surface area (Å²) in [6.07, 6.45) is 0. The monoisotopic (exact) mass is 289 g/mol. The van der Waals surface area contributed by atoms with Crippen molar-refractivity contribution in [1.82, 2.24) is 5.32 Å². The molecule has 1 atom stereocenters. The second kappa shape index (κ2) is 5.85. The molecule has 0 saturated carbocycles. The van der Waals surface area contributed by atoms with E-state index in [0.29, 0.717) is 13.2 Å². The van der Waals surface area contributed by atoms with Crippen LogP contribution in [0.2, 0.25) is 0 Å². The smallest absolute Gasteiger partial charge is 0.166 e. The van der Waals surface area contributed by atoms with Crippen LogP contribution in [0.5, 0.6) is 11.5 Å². The Hall–Kier alpha value is -1.52. The van der Waals surface area contributed by atoms with Crippen molar-refractivity contribution in [3.63, 3.8) is 0 Å². The SMILES string of the molecule is CCNC(c1ccc(C)s1)c1cccc2c1OCCO2. The molecule has 0 bridgehead atoms. The molecule has 20 heavy (non-hydrogen) atoms. The molecular weight excluding hydrogens is 270 g/mol. The summed E-state index contributed by atoms with van der Waals surface area (Å²) >= 11 is 1.82. The first kappa shape index (κ1) is 13.5. The molecule has 2 heterocycles. The van der Waals surface area contributed by atoms with Crippen LogP contribution in [-0.2, 0) is 0 Å². The number of fused-ring (bicyclic) bond motifs is 1. The first-order chi connectivity index (χ1) is 9.79. The van der Waals surface area contributed by atoms with Crippen LogP contribution < -0.4 is 14.8 Å². The highest BCUT2D eigenvalue weighted by Gasteiger charge is 2.23. The Balaban J connectivity index is 2.03. The Morgan fingerprint density at radius 2 is 2.05 bits per heavy atom. The van der Waals surface area contributed by atoms with Gasteiger partial charge in [-0.05, 0) is 31.7 Å². The Morgan fingerprint density at radius 3 is 2.80 bits per heavy atom. The molecular formula is C16H19NO2S. The van der Waals surface area contributed by atoms with Crippen LogP contribution in [0.25, 0.3) is 0 Å². The molecule has 1 N–H and O–H groups in total. The van der Waals surface area contributed by atoms with Crippen LogP contribution in [0.1, 0.15) is 28.3 Å². The summed E-state index contributed by atoms with van der Waals surface area (Å²) in [7, 11) is 0. The van der Waals surface area contributed by atoms with Crippen LogP contribution in [0, 0.1) is 6.92 Å². The zero-order valence-corrected chi connectivity index (χ0v) is 12.6. The highest BCUT2D eigenvalue weighted by atomic mass is 32.1. The molecule has 1 aliphatic rings. The van der Waals surface area contributed by atoms with Crippen molar-refractivity contribution >= 4 is 11.3 Å². The largest absolute Gasteiger partial charge is 0.486 e. The van der Waals surface area contributed by atoms with E-state index in [4.69, 9.17) is 9.47 Å². The molecule has 3 rings (SSSR count). The Bertz CT molecular complexity index is 594. The predicted molar refractivity (Wildman–Crippen MR) is 82.0 cm³/mol. The molecule has 3 nitrogen and oxygen atoms in total. The molecule has 1 aliphatic heterocycles. The maximum absolute atomic E-state index is 5.85. The fraction of sp³-hybridized carbons (Fsp3) is 0.375. The molecule has 2 aromatic rings. The lowest BCUT2D eigenvalue weighted by Crippen LogP contribution is -2.24. The number of rotatable bonds is 4. The summed E-state index contributed by atoms with van der Waals surface area (Å²) in [5.74, 6) is 1.74. The van der Waals surface area contributed by atoms with Gasteiger partial charge in [0.2, 0.25) is 0 Å². The highest BCUT2D eigenvalue weighted by molar-refractivity contribution is 7.12. The summed E-state index contributed by atoms with van der Waals surface area (Å²) in [5.41, 5.74) is 1.16. The summed E-state index contributed by atoms with van der Waals surface area (Å²) in [4.78, 5) is 2.64. The van der Waals surface area contributed by atoms with Gasteiger partial charge in [0.25, 0.3) is 0 Å². The quantitative estimate of drug-likeness (QED) is 0.934.